The lowest BCUT2D eigenvalue weighted by molar-refractivity contribution is -0.137. The minimum absolute atomic E-state index is 0.333. The molecule has 2 aromatic carbocycles. The van der Waals surface area contributed by atoms with Crippen molar-refractivity contribution in [2.75, 3.05) is 12.9 Å². The molecule has 1 heterocycles. The van der Waals surface area contributed by atoms with E-state index in [4.69, 9.17) is 10.00 Å². The van der Waals surface area contributed by atoms with Crippen molar-refractivity contribution < 1.29 is 17.9 Å². The van der Waals surface area contributed by atoms with Crippen molar-refractivity contribution in [1.82, 2.24) is 14.8 Å². The first kappa shape index (κ1) is 21.7. The summed E-state index contributed by atoms with van der Waals surface area (Å²) in [7, 11) is 1.56. The molecule has 0 aliphatic carbocycles. The largest absolute Gasteiger partial charge is 0.497 e. The van der Waals surface area contributed by atoms with E-state index in [2.05, 4.69) is 16.3 Å². The van der Waals surface area contributed by atoms with Gasteiger partial charge in [-0.25, -0.2) is 0 Å². The highest BCUT2D eigenvalue weighted by Gasteiger charge is 2.31. The zero-order valence-electron chi connectivity index (χ0n) is 16.2. The van der Waals surface area contributed by atoms with Gasteiger partial charge in [0.25, 0.3) is 0 Å². The maximum absolute atomic E-state index is 13.3. The van der Waals surface area contributed by atoms with Crippen LogP contribution in [0.3, 0.4) is 0 Å². The number of hydrogen-bond donors (Lipinski definition) is 0. The third kappa shape index (κ3) is 5.13. The van der Waals surface area contributed by atoms with E-state index in [-0.39, 0.29) is 0 Å². The second-order valence-electron chi connectivity index (χ2n) is 6.38. The van der Waals surface area contributed by atoms with E-state index in [0.29, 0.717) is 40.2 Å². The number of ether oxygens (including phenoxy) is 1. The van der Waals surface area contributed by atoms with Gasteiger partial charge >= 0.3 is 6.18 Å². The normalized spacial score (nSPS) is 11.3. The molecule has 9 heteroatoms. The molecule has 0 aliphatic heterocycles. The number of methoxy groups -OCH3 is 1. The molecule has 3 aromatic rings. The topological polar surface area (TPSA) is 63.7 Å². The van der Waals surface area contributed by atoms with Gasteiger partial charge in [-0.3, -0.25) is 4.57 Å². The number of aromatic nitrogens is 3. The highest BCUT2D eigenvalue weighted by molar-refractivity contribution is 7.99. The van der Waals surface area contributed by atoms with Crippen LogP contribution in [0.25, 0.3) is 17.1 Å². The predicted octanol–water partition coefficient (Wildman–Crippen LogP) is 5.75. The van der Waals surface area contributed by atoms with Crippen molar-refractivity contribution in [2.24, 2.45) is 0 Å². The summed E-state index contributed by atoms with van der Waals surface area (Å²) in [6, 6.07) is 14.3. The van der Waals surface area contributed by atoms with Crippen LogP contribution in [0.4, 0.5) is 13.2 Å². The van der Waals surface area contributed by atoms with Gasteiger partial charge in [-0.2, -0.15) is 18.4 Å². The summed E-state index contributed by atoms with van der Waals surface area (Å²) in [4.78, 5) is 0. The number of rotatable bonds is 8. The van der Waals surface area contributed by atoms with E-state index in [0.717, 1.165) is 25.0 Å². The Morgan fingerprint density at radius 1 is 1.10 bits per heavy atom. The second kappa shape index (κ2) is 9.67. The fraction of sp³-hybridized carbons (Fsp3) is 0.286. The van der Waals surface area contributed by atoms with E-state index in [1.54, 1.807) is 42.0 Å². The van der Waals surface area contributed by atoms with Crippen molar-refractivity contribution in [3.63, 3.8) is 0 Å². The second-order valence-corrected chi connectivity index (χ2v) is 7.44. The monoisotopic (exact) mass is 432 g/mol. The number of hydrogen-bond acceptors (Lipinski definition) is 5. The molecule has 0 bridgehead atoms. The number of unbranched alkanes of at least 4 members (excludes halogenated alkanes) is 2. The van der Waals surface area contributed by atoms with Gasteiger partial charge in [-0.05, 0) is 55.3 Å². The Labute approximate surface area is 176 Å². The summed E-state index contributed by atoms with van der Waals surface area (Å²) in [5, 5.41) is 17.6. The minimum atomic E-state index is -4.45. The first-order valence-electron chi connectivity index (χ1n) is 9.21. The molecule has 0 N–H and O–H groups in total. The molecule has 3 rings (SSSR count). The molecule has 1 aromatic heterocycles. The SMILES string of the molecule is COc1ccc(-c2nnc(SCCCCC#N)n2-c2cccc(C(F)(F)F)c2)cc1. The smallest absolute Gasteiger partial charge is 0.416 e. The number of thioether (sulfide) groups is 1. The molecule has 0 saturated heterocycles. The Morgan fingerprint density at radius 2 is 1.87 bits per heavy atom. The molecule has 0 spiro atoms. The molecular weight excluding hydrogens is 413 g/mol. The number of alkyl halides is 3. The molecule has 30 heavy (non-hydrogen) atoms. The lowest BCUT2D eigenvalue weighted by Crippen LogP contribution is -2.07. The molecule has 5 nitrogen and oxygen atoms in total. The average molecular weight is 432 g/mol. The van der Waals surface area contributed by atoms with Crippen molar-refractivity contribution in [1.29, 1.82) is 5.26 Å². The fourth-order valence-electron chi connectivity index (χ4n) is 2.81. The Hall–Kier alpha value is -2.99. The molecule has 0 amide bonds. The van der Waals surface area contributed by atoms with Gasteiger partial charge in [0, 0.05) is 17.7 Å². The Morgan fingerprint density at radius 3 is 2.53 bits per heavy atom. The van der Waals surface area contributed by atoms with Crippen molar-refractivity contribution in [3.05, 3.63) is 54.1 Å². The van der Waals surface area contributed by atoms with Crippen LogP contribution >= 0.6 is 11.8 Å². The summed E-state index contributed by atoms with van der Waals surface area (Å²) < 4.78 is 46.6. The average Bonchev–Trinajstić information content (AvgIpc) is 3.17. The lowest BCUT2D eigenvalue weighted by Gasteiger charge is -2.13. The molecule has 0 aliphatic rings. The van der Waals surface area contributed by atoms with Gasteiger partial charge < -0.3 is 4.74 Å². The summed E-state index contributed by atoms with van der Waals surface area (Å²) in [5.41, 5.74) is 0.302. The van der Waals surface area contributed by atoms with E-state index < -0.39 is 11.7 Å². The third-order valence-electron chi connectivity index (χ3n) is 4.33. The van der Waals surface area contributed by atoms with Crippen molar-refractivity contribution in [3.8, 4) is 28.9 Å². The Kier molecular flexibility index (Phi) is 7.00. The maximum Gasteiger partial charge on any atom is 0.416 e. The first-order chi connectivity index (χ1) is 14.4. The van der Waals surface area contributed by atoms with Crippen LogP contribution in [0.5, 0.6) is 5.75 Å². The van der Waals surface area contributed by atoms with Gasteiger partial charge in [-0.15, -0.1) is 10.2 Å². The highest BCUT2D eigenvalue weighted by atomic mass is 32.2. The van der Waals surface area contributed by atoms with E-state index in [9.17, 15) is 13.2 Å². The molecule has 0 atom stereocenters. The van der Waals surface area contributed by atoms with E-state index in [1.165, 1.54) is 17.8 Å². The van der Waals surface area contributed by atoms with Crippen LogP contribution in [0, 0.1) is 11.3 Å². The Bertz CT molecular complexity index is 1030. The van der Waals surface area contributed by atoms with Crippen LogP contribution in [-0.4, -0.2) is 27.6 Å². The zero-order valence-corrected chi connectivity index (χ0v) is 17.0. The standard InChI is InChI=1S/C21H19F3N4OS/c1-29-18-10-8-15(9-11-18)19-26-27-20(30-13-4-2-3-12-25)28(19)17-7-5-6-16(14-17)21(22,23)24/h5-11,14H,2-4,13H2,1H3. The zero-order chi connectivity index (χ0) is 21.6. The number of nitriles is 1. The minimum Gasteiger partial charge on any atom is -0.497 e. The van der Waals surface area contributed by atoms with Gasteiger partial charge in [0.05, 0.1) is 24.4 Å². The first-order valence-corrected chi connectivity index (χ1v) is 10.2. The van der Waals surface area contributed by atoms with E-state index in [1.807, 2.05) is 0 Å². The summed E-state index contributed by atoms with van der Waals surface area (Å²) in [6.07, 6.45) is -2.43. The Balaban J connectivity index is 2.00. The molecule has 0 radical (unpaired) electrons. The fourth-order valence-corrected chi connectivity index (χ4v) is 3.76. The van der Waals surface area contributed by atoms with Crippen molar-refractivity contribution >= 4 is 11.8 Å². The quantitative estimate of drug-likeness (QED) is 0.335. The van der Waals surface area contributed by atoms with Crippen LogP contribution in [0.2, 0.25) is 0 Å². The lowest BCUT2D eigenvalue weighted by atomic mass is 10.1. The van der Waals surface area contributed by atoms with Crippen LogP contribution in [-0.2, 0) is 6.18 Å². The summed E-state index contributed by atoms with van der Waals surface area (Å²) in [5.74, 6) is 1.79. The van der Waals surface area contributed by atoms with Crippen molar-refractivity contribution in [2.45, 2.75) is 30.6 Å². The molecule has 0 saturated carbocycles. The number of benzene rings is 2. The van der Waals surface area contributed by atoms with Gasteiger partial charge in [0.15, 0.2) is 11.0 Å². The van der Waals surface area contributed by atoms with Crippen LogP contribution < -0.4 is 4.74 Å². The van der Waals surface area contributed by atoms with E-state index >= 15 is 0 Å². The molecule has 0 fully saturated rings. The number of halogens is 3. The maximum atomic E-state index is 13.3. The molecule has 0 unspecified atom stereocenters. The molecule has 156 valence electrons. The highest BCUT2D eigenvalue weighted by Crippen LogP contribution is 2.33. The van der Waals surface area contributed by atoms with Gasteiger partial charge in [-0.1, -0.05) is 17.8 Å². The molecular formula is C21H19F3N4OS. The van der Waals surface area contributed by atoms with Crippen LogP contribution in [0.15, 0.2) is 53.7 Å². The summed E-state index contributed by atoms with van der Waals surface area (Å²) >= 11 is 1.40. The number of nitrogens with zero attached hydrogens (tertiary/aromatic N) is 4. The summed E-state index contributed by atoms with van der Waals surface area (Å²) in [6.45, 7) is 0. The van der Waals surface area contributed by atoms with Gasteiger partial charge in [0.2, 0.25) is 0 Å². The third-order valence-corrected chi connectivity index (χ3v) is 5.34. The predicted molar refractivity (Wildman–Crippen MR) is 109 cm³/mol. The van der Waals surface area contributed by atoms with Gasteiger partial charge in [0.1, 0.15) is 5.75 Å². The van der Waals surface area contributed by atoms with Crippen LogP contribution in [0.1, 0.15) is 24.8 Å².